The Balaban J connectivity index is 1.87. The summed E-state index contributed by atoms with van der Waals surface area (Å²) in [6.07, 6.45) is 1.35. The van der Waals surface area contributed by atoms with Crippen LogP contribution in [-0.2, 0) is 11.2 Å². The summed E-state index contributed by atoms with van der Waals surface area (Å²) in [5.74, 6) is -0.803. The highest BCUT2D eigenvalue weighted by molar-refractivity contribution is 6.07. The second kappa shape index (κ2) is 8.16. The number of aromatic amines is 1. The molecule has 8 heteroatoms. The highest BCUT2D eigenvalue weighted by Crippen LogP contribution is 2.25. The number of amides is 3. The standard InChI is InChI=1S/C20H24N4O4/c1-4-6-15-16(19(26)28-3)12(2)22-17(15)18(25)23-13-7-5-8-14(11-13)24-10-9-21-20(24)27/h5,7-8,11,22H,4,6,9-10H2,1-3H3,(H,21,27)(H,23,25). The van der Waals surface area contributed by atoms with Crippen LogP contribution in [0.3, 0.4) is 0 Å². The van der Waals surface area contributed by atoms with Gasteiger partial charge in [-0.1, -0.05) is 19.4 Å². The third kappa shape index (κ3) is 3.71. The molecule has 0 aliphatic carbocycles. The number of ether oxygens (including phenoxy) is 1. The normalized spacial score (nSPS) is 13.4. The van der Waals surface area contributed by atoms with E-state index < -0.39 is 5.97 Å². The Kier molecular flexibility index (Phi) is 5.67. The number of carbonyl (C=O) groups is 3. The van der Waals surface area contributed by atoms with Crippen molar-refractivity contribution in [1.82, 2.24) is 10.3 Å². The Morgan fingerprint density at radius 2 is 2.11 bits per heavy atom. The van der Waals surface area contributed by atoms with Gasteiger partial charge in [-0.05, 0) is 37.1 Å². The van der Waals surface area contributed by atoms with Crippen molar-refractivity contribution >= 4 is 29.3 Å². The summed E-state index contributed by atoms with van der Waals surface area (Å²) in [5.41, 5.74) is 3.29. The van der Waals surface area contributed by atoms with Gasteiger partial charge in [0, 0.05) is 30.2 Å². The zero-order valence-corrected chi connectivity index (χ0v) is 16.2. The molecule has 1 aliphatic heterocycles. The van der Waals surface area contributed by atoms with Crippen molar-refractivity contribution in [2.45, 2.75) is 26.7 Å². The smallest absolute Gasteiger partial charge is 0.339 e. The molecule has 0 spiro atoms. The number of nitrogens with one attached hydrogen (secondary N) is 3. The van der Waals surface area contributed by atoms with E-state index in [0.717, 1.165) is 6.42 Å². The Morgan fingerprint density at radius 1 is 1.32 bits per heavy atom. The SMILES string of the molecule is CCCc1c(C(=O)Nc2cccc(N3CCNC3=O)c2)[nH]c(C)c1C(=O)OC. The van der Waals surface area contributed by atoms with Crippen LogP contribution >= 0.6 is 0 Å². The van der Waals surface area contributed by atoms with E-state index in [2.05, 4.69) is 15.6 Å². The van der Waals surface area contributed by atoms with Gasteiger partial charge >= 0.3 is 12.0 Å². The van der Waals surface area contributed by atoms with Gasteiger partial charge in [-0.3, -0.25) is 9.69 Å². The number of H-pyrrole nitrogens is 1. The third-order valence-electron chi connectivity index (χ3n) is 4.68. The van der Waals surface area contributed by atoms with Gasteiger partial charge in [0.1, 0.15) is 5.69 Å². The quantitative estimate of drug-likeness (QED) is 0.666. The summed E-state index contributed by atoms with van der Waals surface area (Å²) in [5, 5.41) is 5.60. The Bertz CT molecular complexity index is 919. The minimum Gasteiger partial charge on any atom is -0.465 e. The fourth-order valence-electron chi connectivity index (χ4n) is 3.41. The molecule has 0 saturated carbocycles. The summed E-state index contributed by atoms with van der Waals surface area (Å²) < 4.78 is 4.86. The molecule has 1 aromatic heterocycles. The van der Waals surface area contributed by atoms with E-state index in [1.165, 1.54) is 7.11 Å². The van der Waals surface area contributed by atoms with Gasteiger partial charge in [-0.15, -0.1) is 0 Å². The van der Waals surface area contributed by atoms with E-state index in [4.69, 9.17) is 4.74 Å². The van der Waals surface area contributed by atoms with Gasteiger partial charge < -0.3 is 20.4 Å². The van der Waals surface area contributed by atoms with E-state index in [9.17, 15) is 14.4 Å². The number of anilines is 2. The number of esters is 1. The van der Waals surface area contributed by atoms with Crippen molar-refractivity contribution in [2.75, 3.05) is 30.4 Å². The van der Waals surface area contributed by atoms with Gasteiger partial charge in [0.2, 0.25) is 0 Å². The molecule has 1 fully saturated rings. The topological polar surface area (TPSA) is 104 Å². The zero-order valence-electron chi connectivity index (χ0n) is 16.2. The van der Waals surface area contributed by atoms with E-state index in [-0.39, 0.29) is 11.9 Å². The summed E-state index contributed by atoms with van der Waals surface area (Å²) in [4.78, 5) is 41.5. The molecule has 3 N–H and O–H groups in total. The van der Waals surface area contributed by atoms with Crippen LogP contribution in [0.25, 0.3) is 0 Å². The summed E-state index contributed by atoms with van der Waals surface area (Å²) in [6.45, 7) is 4.90. The molecule has 0 atom stereocenters. The molecule has 0 unspecified atom stereocenters. The van der Waals surface area contributed by atoms with Crippen LogP contribution < -0.4 is 15.5 Å². The van der Waals surface area contributed by atoms with E-state index in [1.54, 1.807) is 30.0 Å². The average Bonchev–Trinajstić information content (AvgIpc) is 3.25. The average molecular weight is 384 g/mol. The first kappa shape index (κ1) is 19.5. The summed E-state index contributed by atoms with van der Waals surface area (Å²) in [6, 6.07) is 6.95. The van der Waals surface area contributed by atoms with Crippen molar-refractivity contribution in [3.05, 3.63) is 46.8 Å². The fraction of sp³-hybridized carbons (Fsp3) is 0.350. The molecule has 1 saturated heterocycles. The Labute approximate surface area is 163 Å². The number of hydrogen-bond donors (Lipinski definition) is 3. The molecule has 3 rings (SSSR count). The second-order valence-corrected chi connectivity index (χ2v) is 6.61. The minimum atomic E-state index is -0.460. The molecule has 0 bridgehead atoms. The zero-order chi connectivity index (χ0) is 20.3. The molecule has 28 heavy (non-hydrogen) atoms. The van der Waals surface area contributed by atoms with Crippen LogP contribution in [0.4, 0.5) is 16.2 Å². The van der Waals surface area contributed by atoms with Crippen molar-refractivity contribution in [2.24, 2.45) is 0 Å². The van der Waals surface area contributed by atoms with Gasteiger partial charge in [0.05, 0.1) is 12.7 Å². The molecular weight excluding hydrogens is 360 g/mol. The maximum Gasteiger partial charge on any atom is 0.339 e. The number of methoxy groups -OCH3 is 1. The number of carbonyl (C=O) groups excluding carboxylic acids is 3. The van der Waals surface area contributed by atoms with Crippen LogP contribution in [0, 0.1) is 6.92 Å². The van der Waals surface area contributed by atoms with E-state index >= 15 is 0 Å². The molecule has 3 amide bonds. The van der Waals surface area contributed by atoms with Gasteiger partial charge in [-0.25, -0.2) is 9.59 Å². The maximum atomic E-state index is 12.9. The highest BCUT2D eigenvalue weighted by Gasteiger charge is 2.25. The first-order valence-corrected chi connectivity index (χ1v) is 9.22. The Hall–Kier alpha value is -3.29. The number of aryl methyl sites for hydroxylation is 1. The predicted molar refractivity (Wildman–Crippen MR) is 106 cm³/mol. The number of rotatable bonds is 6. The van der Waals surface area contributed by atoms with Gasteiger partial charge in [0.25, 0.3) is 5.91 Å². The molecule has 8 nitrogen and oxygen atoms in total. The van der Waals surface area contributed by atoms with E-state index in [1.807, 2.05) is 13.0 Å². The predicted octanol–water partition coefficient (Wildman–Crippen LogP) is 2.84. The number of hydrogen-bond acceptors (Lipinski definition) is 4. The number of benzene rings is 1. The van der Waals surface area contributed by atoms with Gasteiger partial charge in [0.15, 0.2) is 0 Å². The second-order valence-electron chi connectivity index (χ2n) is 6.61. The lowest BCUT2D eigenvalue weighted by molar-refractivity contribution is 0.0599. The first-order valence-electron chi connectivity index (χ1n) is 9.22. The molecule has 2 heterocycles. The molecule has 1 aromatic carbocycles. The molecule has 0 radical (unpaired) electrons. The monoisotopic (exact) mass is 384 g/mol. The largest absolute Gasteiger partial charge is 0.465 e. The summed E-state index contributed by atoms with van der Waals surface area (Å²) in [7, 11) is 1.32. The number of nitrogens with zero attached hydrogens (tertiary/aromatic N) is 1. The third-order valence-corrected chi connectivity index (χ3v) is 4.68. The summed E-state index contributed by atoms with van der Waals surface area (Å²) >= 11 is 0. The lowest BCUT2D eigenvalue weighted by Gasteiger charge is -2.15. The Morgan fingerprint density at radius 3 is 2.75 bits per heavy atom. The van der Waals surface area contributed by atoms with Crippen LogP contribution in [-0.4, -0.2) is 43.1 Å². The van der Waals surface area contributed by atoms with Crippen molar-refractivity contribution in [3.8, 4) is 0 Å². The lowest BCUT2D eigenvalue weighted by Crippen LogP contribution is -2.27. The van der Waals surface area contributed by atoms with Crippen molar-refractivity contribution < 1.29 is 19.1 Å². The van der Waals surface area contributed by atoms with Crippen LogP contribution in [0.5, 0.6) is 0 Å². The van der Waals surface area contributed by atoms with Crippen LogP contribution in [0.15, 0.2) is 24.3 Å². The molecule has 1 aliphatic rings. The van der Waals surface area contributed by atoms with Crippen molar-refractivity contribution in [3.63, 3.8) is 0 Å². The van der Waals surface area contributed by atoms with E-state index in [0.29, 0.717) is 53.4 Å². The lowest BCUT2D eigenvalue weighted by atomic mass is 10.0. The minimum absolute atomic E-state index is 0.156. The molecular formula is C20H24N4O4. The number of urea groups is 1. The maximum absolute atomic E-state index is 12.9. The first-order chi connectivity index (χ1) is 13.5. The highest BCUT2D eigenvalue weighted by atomic mass is 16.5. The fourth-order valence-corrected chi connectivity index (χ4v) is 3.41. The van der Waals surface area contributed by atoms with Crippen molar-refractivity contribution in [1.29, 1.82) is 0 Å². The number of aromatic nitrogens is 1. The van der Waals surface area contributed by atoms with Crippen LogP contribution in [0.2, 0.25) is 0 Å². The van der Waals surface area contributed by atoms with Crippen LogP contribution in [0.1, 0.15) is 45.4 Å². The molecule has 2 aromatic rings. The van der Waals surface area contributed by atoms with Gasteiger partial charge in [-0.2, -0.15) is 0 Å². The molecule has 148 valence electrons.